The molecule has 0 fully saturated rings. The largest absolute Gasteiger partial charge is 0.481 e. The van der Waals surface area contributed by atoms with Crippen molar-refractivity contribution in [3.05, 3.63) is 36.0 Å². The maximum atomic E-state index is 5.14. The van der Waals surface area contributed by atoms with Gasteiger partial charge in [0.05, 0.1) is 24.5 Å². The van der Waals surface area contributed by atoms with Gasteiger partial charge in [-0.05, 0) is 27.0 Å². The van der Waals surface area contributed by atoms with E-state index in [2.05, 4.69) is 34.2 Å². The molecule has 0 saturated heterocycles. The van der Waals surface area contributed by atoms with Crippen LogP contribution in [0.15, 0.2) is 24.7 Å². The van der Waals surface area contributed by atoms with Crippen LogP contribution in [0.25, 0.3) is 0 Å². The van der Waals surface area contributed by atoms with Crippen LogP contribution in [-0.4, -0.2) is 33.9 Å². The number of ether oxygens (including phenoxy) is 1. The van der Waals surface area contributed by atoms with Crippen LogP contribution in [0, 0.1) is 0 Å². The van der Waals surface area contributed by atoms with Gasteiger partial charge < -0.3 is 10.1 Å². The highest BCUT2D eigenvalue weighted by Crippen LogP contribution is 2.18. The van der Waals surface area contributed by atoms with Crippen LogP contribution in [0.5, 0.6) is 5.88 Å². The Morgan fingerprint density at radius 1 is 1.35 bits per heavy atom. The number of aromatic nitrogens is 4. The molecule has 108 valence electrons. The minimum Gasteiger partial charge on any atom is -0.481 e. The highest BCUT2D eigenvalue weighted by molar-refractivity contribution is 5.18. The minimum atomic E-state index is 0.0856. The molecule has 0 saturated carbocycles. The Bertz CT molecular complexity index is 552. The monoisotopic (exact) mass is 275 g/mol. The zero-order valence-electron chi connectivity index (χ0n) is 12.4. The SMILES string of the molecule is CNC(Cc1ccn(C(C)C)n1)c1cc(OC)ncn1. The molecule has 2 heterocycles. The van der Waals surface area contributed by atoms with Crippen LogP contribution in [-0.2, 0) is 6.42 Å². The molecule has 20 heavy (non-hydrogen) atoms. The fourth-order valence-electron chi connectivity index (χ4n) is 1.99. The molecule has 0 aromatic carbocycles. The maximum absolute atomic E-state index is 5.14. The lowest BCUT2D eigenvalue weighted by Gasteiger charge is -2.14. The van der Waals surface area contributed by atoms with Gasteiger partial charge in [-0.25, -0.2) is 9.97 Å². The summed E-state index contributed by atoms with van der Waals surface area (Å²) in [5.74, 6) is 0.572. The Kier molecular flexibility index (Phi) is 4.68. The van der Waals surface area contributed by atoms with Crippen molar-refractivity contribution in [2.75, 3.05) is 14.2 Å². The molecule has 2 aromatic rings. The third kappa shape index (κ3) is 3.33. The second-order valence-electron chi connectivity index (χ2n) is 4.91. The van der Waals surface area contributed by atoms with Gasteiger partial charge in [-0.2, -0.15) is 5.10 Å². The van der Waals surface area contributed by atoms with Crippen LogP contribution in [0.2, 0.25) is 0 Å². The average Bonchev–Trinajstić information content (AvgIpc) is 2.93. The number of likely N-dealkylation sites (N-methyl/N-ethyl adjacent to an activating group) is 1. The minimum absolute atomic E-state index is 0.0856. The van der Waals surface area contributed by atoms with Gasteiger partial charge in [0.2, 0.25) is 5.88 Å². The fraction of sp³-hybridized carbons (Fsp3) is 0.500. The number of nitrogens with one attached hydrogen (secondary N) is 1. The molecule has 0 bridgehead atoms. The van der Waals surface area contributed by atoms with Gasteiger partial charge in [0, 0.05) is 24.7 Å². The van der Waals surface area contributed by atoms with Crippen molar-refractivity contribution in [1.82, 2.24) is 25.1 Å². The number of methoxy groups -OCH3 is 1. The lowest BCUT2D eigenvalue weighted by Crippen LogP contribution is -2.20. The second-order valence-corrected chi connectivity index (χ2v) is 4.91. The van der Waals surface area contributed by atoms with Gasteiger partial charge in [-0.15, -0.1) is 0 Å². The Morgan fingerprint density at radius 2 is 2.15 bits per heavy atom. The van der Waals surface area contributed by atoms with E-state index in [1.807, 2.05) is 30.1 Å². The summed E-state index contributed by atoms with van der Waals surface area (Å²) < 4.78 is 7.10. The fourth-order valence-corrected chi connectivity index (χ4v) is 1.99. The topological polar surface area (TPSA) is 64.9 Å². The first-order valence-corrected chi connectivity index (χ1v) is 6.71. The Labute approximate surface area is 119 Å². The quantitative estimate of drug-likeness (QED) is 0.870. The van der Waals surface area contributed by atoms with Crippen molar-refractivity contribution < 1.29 is 4.74 Å². The molecule has 6 heteroatoms. The first kappa shape index (κ1) is 14.5. The van der Waals surface area contributed by atoms with Crippen molar-refractivity contribution in [3.63, 3.8) is 0 Å². The van der Waals surface area contributed by atoms with Gasteiger partial charge in [-0.1, -0.05) is 0 Å². The molecular formula is C14H21N5O. The summed E-state index contributed by atoms with van der Waals surface area (Å²) in [7, 11) is 3.52. The Morgan fingerprint density at radius 3 is 2.75 bits per heavy atom. The molecule has 0 radical (unpaired) electrons. The van der Waals surface area contributed by atoms with Crippen LogP contribution in [0.4, 0.5) is 0 Å². The average molecular weight is 275 g/mol. The molecule has 1 unspecified atom stereocenters. The molecule has 1 N–H and O–H groups in total. The van der Waals surface area contributed by atoms with E-state index in [1.165, 1.54) is 6.33 Å². The summed E-state index contributed by atoms with van der Waals surface area (Å²) in [5, 5.41) is 7.83. The summed E-state index contributed by atoms with van der Waals surface area (Å²) in [6.07, 6.45) is 4.30. The zero-order valence-corrected chi connectivity index (χ0v) is 12.4. The first-order valence-electron chi connectivity index (χ1n) is 6.71. The predicted octanol–water partition coefficient (Wildman–Crippen LogP) is 1.77. The van der Waals surface area contributed by atoms with E-state index < -0.39 is 0 Å². The molecule has 0 aliphatic heterocycles. The summed E-state index contributed by atoms with van der Waals surface area (Å²) in [6, 6.07) is 4.35. The summed E-state index contributed by atoms with van der Waals surface area (Å²) in [4.78, 5) is 8.34. The van der Waals surface area contributed by atoms with E-state index in [0.29, 0.717) is 11.9 Å². The molecule has 0 amide bonds. The molecule has 1 atom stereocenters. The number of hydrogen-bond donors (Lipinski definition) is 1. The van der Waals surface area contributed by atoms with Crippen LogP contribution < -0.4 is 10.1 Å². The third-order valence-electron chi connectivity index (χ3n) is 3.18. The van der Waals surface area contributed by atoms with Gasteiger partial charge in [0.25, 0.3) is 0 Å². The molecule has 0 aliphatic carbocycles. The summed E-state index contributed by atoms with van der Waals surface area (Å²) in [6.45, 7) is 4.23. The number of nitrogens with zero attached hydrogens (tertiary/aromatic N) is 4. The van der Waals surface area contributed by atoms with Crippen molar-refractivity contribution in [1.29, 1.82) is 0 Å². The van der Waals surface area contributed by atoms with Crippen molar-refractivity contribution >= 4 is 0 Å². The highest BCUT2D eigenvalue weighted by Gasteiger charge is 2.15. The van der Waals surface area contributed by atoms with Gasteiger partial charge >= 0.3 is 0 Å². The first-order chi connectivity index (χ1) is 9.63. The normalized spacial score (nSPS) is 12.7. The van der Waals surface area contributed by atoms with E-state index in [4.69, 9.17) is 4.74 Å². The van der Waals surface area contributed by atoms with Crippen molar-refractivity contribution in [2.45, 2.75) is 32.4 Å². The van der Waals surface area contributed by atoms with E-state index in [1.54, 1.807) is 7.11 Å². The van der Waals surface area contributed by atoms with E-state index >= 15 is 0 Å². The van der Waals surface area contributed by atoms with E-state index in [0.717, 1.165) is 17.8 Å². The summed E-state index contributed by atoms with van der Waals surface area (Å²) in [5.41, 5.74) is 1.94. The number of hydrogen-bond acceptors (Lipinski definition) is 5. The standard InChI is InChI=1S/C14H21N5O/c1-10(2)19-6-5-11(18-19)7-12(15-3)13-8-14(20-4)17-9-16-13/h5-6,8-10,12,15H,7H2,1-4H3. The molecular weight excluding hydrogens is 254 g/mol. The Hall–Kier alpha value is -1.95. The molecule has 0 spiro atoms. The Balaban J connectivity index is 2.15. The predicted molar refractivity (Wildman–Crippen MR) is 76.7 cm³/mol. The van der Waals surface area contributed by atoms with E-state index in [-0.39, 0.29) is 6.04 Å². The van der Waals surface area contributed by atoms with Crippen LogP contribution in [0.1, 0.15) is 37.3 Å². The molecule has 2 rings (SSSR count). The zero-order chi connectivity index (χ0) is 14.5. The second kappa shape index (κ2) is 6.47. The number of rotatable bonds is 6. The lowest BCUT2D eigenvalue weighted by atomic mass is 10.1. The smallest absolute Gasteiger partial charge is 0.216 e. The van der Waals surface area contributed by atoms with Crippen molar-refractivity contribution in [2.24, 2.45) is 0 Å². The lowest BCUT2D eigenvalue weighted by molar-refractivity contribution is 0.394. The van der Waals surface area contributed by atoms with E-state index in [9.17, 15) is 0 Å². The van der Waals surface area contributed by atoms with Gasteiger partial charge in [0.15, 0.2) is 0 Å². The summed E-state index contributed by atoms with van der Waals surface area (Å²) >= 11 is 0. The molecule has 0 aliphatic rings. The molecule has 6 nitrogen and oxygen atoms in total. The van der Waals surface area contributed by atoms with Crippen molar-refractivity contribution in [3.8, 4) is 5.88 Å². The van der Waals surface area contributed by atoms with Gasteiger partial charge in [-0.3, -0.25) is 4.68 Å². The molecule has 2 aromatic heterocycles. The maximum Gasteiger partial charge on any atom is 0.216 e. The van der Waals surface area contributed by atoms with Crippen LogP contribution in [0.3, 0.4) is 0 Å². The third-order valence-corrected chi connectivity index (χ3v) is 3.18. The highest BCUT2D eigenvalue weighted by atomic mass is 16.5. The van der Waals surface area contributed by atoms with Crippen LogP contribution >= 0.6 is 0 Å². The van der Waals surface area contributed by atoms with Gasteiger partial charge in [0.1, 0.15) is 6.33 Å².